The van der Waals surface area contributed by atoms with E-state index in [9.17, 15) is 9.90 Å². The predicted molar refractivity (Wildman–Crippen MR) is 54.0 cm³/mol. The molecule has 0 saturated carbocycles. The molecule has 94 valence electrons. The lowest BCUT2D eigenvalue weighted by Crippen LogP contribution is -2.58. The minimum absolute atomic E-state index is 0.414. The fourth-order valence-corrected chi connectivity index (χ4v) is 1.91. The number of alkyl halides is 1. The van der Waals surface area contributed by atoms with Crippen LogP contribution in [0.15, 0.2) is 0 Å². The normalized spacial score (nSPS) is 39.4. The molecule has 0 aromatic rings. The lowest BCUT2D eigenvalue weighted by molar-refractivity contribution is -0.250. The molecule has 2 N–H and O–H groups in total. The van der Waals surface area contributed by atoms with E-state index in [1.807, 2.05) is 0 Å². The minimum Gasteiger partial charge on any atom is -0.458 e. The van der Waals surface area contributed by atoms with Crippen molar-refractivity contribution in [2.24, 2.45) is 0 Å². The summed E-state index contributed by atoms with van der Waals surface area (Å²) in [5, 5.41) is 17.9. The molecule has 0 radical (unpaired) electrons. The number of halogens is 1. The van der Waals surface area contributed by atoms with E-state index < -0.39 is 42.6 Å². The molecule has 0 aliphatic carbocycles. The van der Waals surface area contributed by atoms with Crippen LogP contribution in [-0.2, 0) is 19.0 Å². The standard InChI is InChI=1S/C9H15ClO6/c1-4(12)15-8-6(10)9(14-2)16-5(3-11)7(8)13/h5-9,11,13H,3H2,1-2H3/t5-,6+,7-,8-,9+/m1/s1. The van der Waals surface area contributed by atoms with Crippen LogP contribution in [0.4, 0.5) is 0 Å². The molecule has 5 atom stereocenters. The summed E-state index contributed by atoms with van der Waals surface area (Å²) in [4.78, 5) is 10.9. The maximum absolute atomic E-state index is 10.9. The van der Waals surface area contributed by atoms with Gasteiger partial charge in [-0.15, -0.1) is 11.6 Å². The zero-order valence-corrected chi connectivity index (χ0v) is 9.76. The van der Waals surface area contributed by atoms with Gasteiger partial charge in [-0.05, 0) is 0 Å². The third-order valence-corrected chi connectivity index (χ3v) is 2.77. The topological polar surface area (TPSA) is 85.2 Å². The zero-order chi connectivity index (χ0) is 12.3. The Bertz CT molecular complexity index is 232. The van der Waals surface area contributed by atoms with Gasteiger partial charge in [-0.1, -0.05) is 0 Å². The first-order valence-electron chi connectivity index (χ1n) is 4.79. The molecule has 1 aliphatic rings. The summed E-state index contributed by atoms with van der Waals surface area (Å²) in [7, 11) is 1.37. The van der Waals surface area contributed by atoms with E-state index in [-0.39, 0.29) is 0 Å². The highest BCUT2D eigenvalue weighted by Gasteiger charge is 2.46. The third-order valence-electron chi connectivity index (χ3n) is 2.31. The number of hydrogen-bond acceptors (Lipinski definition) is 6. The quantitative estimate of drug-likeness (QED) is 0.509. The Labute approximate surface area is 98.0 Å². The number of hydrogen-bond donors (Lipinski definition) is 2. The lowest BCUT2D eigenvalue weighted by Gasteiger charge is -2.40. The predicted octanol–water partition coefficient (Wildman–Crippen LogP) is -0.750. The molecule has 1 fully saturated rings. The first-order chi connectivity index (χ1) is 7.51. The SMILES string of the molecule is CO[C@H]1O[C@H](CO)[C@@H](O)[C@H](OC(C)=O)[C@@H]1Cl. The molecule has 16 heavy (non-hydrogen) atoms. The maximum Gasteiger partial charge on any atom is 0.303 e. The largest absolute Gasteiger partial charge is 0.458 e. The number of aliphatic hydroxyl groups is 2. The number of carbonyl (C=O) groups excluding carboxylic acids is 1. The molecule has 0 amide bonds. The van der Waals surface area contributed by atoms with Crippen molar-refractivity contribution in [2.45, 2.75) is 36.9 Å². The molecule has 1 aliphatic heterocycles. The Kier molecular flexibility index (Phi) is 4.94. The average Bonchev–Trinajstić information content (AvgIpc) is 2.24. The van der Waals surface area contributed by atoms with Gasteiger partial charge in [0, 0.05) is 14.0 Å². The molecule has 1 saturated heterocycles. The van der Waals surface area contributed by atoms with Crippen LogP contribution in [0.3, 0.4) is 0 Å². The Morgan fingerprint density at radius 2 is 2.19 bits per heavy atom. The van der Waals surface area contributed by atoms with Crippen LogP contribution in [0.5, 0.6) is 0 Å². The van der Waals surface area contributed by atoms with Crippen LogP contribution in [0.25, 0.3) is 0 Å². The van der Waals surface area contributed by atoms with E-state index in [0.717, 1.165) is 0 Å². The van der Waals surface area contributed by atoms with E-state index in [1.165, 1.54) is 14.0 Å². The van der Waals surface area contributed by atoms with Gasteiger partial charge in [-0.2, -0.15) is 0 Å². The summed E-state index contributed by atoms with van der Waals surface area (Å²) in [6.45, 7) is 0.796. The van der Waals surface area contributed by atoms with Crippen LogP contribution in [0, 0.1) is 0 Å². The van der Waals surface area contributed by atoms with Crippen molar-refractivity contribution >= 4 is 17.6 Å². The van der Waals surface area contributed by atoms with Crippen molar-refractivity contribution < 1.29 is 29.2 Å². The Morgan fingerprint density at radius 3 is 2.62 bits per heavy atom. The second-order valence-corrected chi connectivity index (χ2v) is 3.97. The number of aliphatic hydroxyl groups excluding tert-OH is 2. The van der Waals surface area contributed by atoms with Gasteiger partial charge in [0.2, 0.25) is 0 Å². The van der Waals surface area contributed by atoms with Gasteiger partial charge in [0.15, 0.2) is 12.4 Å². The van der Waals surface area contributed by atoms with Crippen molar-refractivity contribution in [3.05, 3.63) is 0 Å². The molecule has 6 nitrogen and oxygen atoms in total. The Morgan fingerprint density at radius 1 is 1.56 bits per heavy atom. The average molecular weight is 255 g/mol. The molecular weight excluding hydrogens is 240 g/mol. The van der Waals surface area contributed by atoms with Crippen molar-refractivity contribution in [2.75, 3.05) is 13.7 Å². The molecule has 1 rings (SSSR count). The van der Waals surface area contributed by atoms with E-state index in [4.69, 9.17) is 30.9 Å². The fraction of sp³-hybridized carbons (Fsp3) is 0.889. The van der Waals surface area contributed by atoms with Crippen LogP contribution < -0.4 is 0 Å². The van der Waals surface area contributed by atoms with Gasteiger partial charge >= 0.3 is 5.97 Å². The summed E-state index contributed by atoms with van der Waals surface area (Å²) >= 11 is 5.94. The highest BCUT2D eigenvalue weighted by molar-refractivity contribution is 6.21. The Hall–Kier alpha value is -0.400. The summed E-state index contributed by atoms with van der Waals surface area (Å²) in [6.07, 6.45) is -3.87. The van der Waals surface area contributed by atoms with E-state index in [1.54, 1.807) is 0 Å². The summed E-state index contributed by atoms with van der Waals surface area (Å²) in [5.74, 6) is -0.567. The maximum atomic E-state index is 10.9. The van der Waals surface area contributed by atoms with Gasteiger partial charge < -0.3 is 24.4 Å². The summed E-state index contributed by atoms with van der Waals surface area (Å²) < 4.78 is 15.0. The smallest absolute Gasteiger partial charge is 0.303 e. The number of rotatable bonds is 3. The first-order valence-corrected chi connectivity index (χ1v) is 5.23. The molecule has 0 spiro atoms. The fourth-order valence-electron chi connectivity index (χ4n) is 1.55. The number of esters is 1. The molecule has 0 unspecified atom stereocenters. The molecule has 7 heteroatoms. The minimum atomic E-state index is -1.18. The van der Waals surface area contributed by atoms with Gasteiger partial charge in [-0.3, -0.25) is 4.79 Å². The van der Waals surface area contributed by atoms with E-state index in [0.29, 0.717) is 0 Å². The van der Waals surface area contributed by atoms with Crippen molar-refractivity contribution in [3.63, 3.8) is 0 Å². The van der Waals surface area contributed by atoms with E-state index >= 15 is 0 Å². The highest BCUT2D eigenvalue weighted by atomic mass is 35.5. The molecule has 0 aromatic carbocycles. The summed E-state index contributed by atoms with van der Waals surface area (Å²) in [6, 6.07) is 0. The third kappa shape index (κ3) is 2.83. The van der Waals surface area contributed by atoms with Crippen LogP contribution in [-0.4, -0.2) is 59.9 Å². The summed E-state index contributed by atoms with van der Waals surface area (Å²) in [5.41, 5.74) is 0. The number of carbonyl (C=O) groups is 1. The van der Waals surface area contributed by atoms with Crippen molar-refractivity contribution in [3.8, 4) is 0 Å². The first kappa shape index (κ1) is 13.7. The van der Waals surface area contributed by atoms with Gasteiger partial charge in [-0.25, -0.2) is 0 Å². The van der Waals surface area contributed by atoms with Crippen LogP contribution in [0.2, 0.25) is 0 Å². The molecule has 0 bridgehead atoms. The van der Waals surface area contributed by atoms with Crippen LogP contribution >= 0.6 is 11.6 Å². The molecule has 0 aromatic heterocycles. The lowest BCUT2D eigenvalue weighted by atomic mass is 10.0. The molecular formula is C9H15ClO6. The Balaban J connectivity index is 2.79. The van der Waals surface area contributed by atoms with E-state index in [2.05, 4.69) is 0 Å². The number of methoxy groups -OCH3 is 1. The van der Waals surface area contributed by atoms with Gasteiger partial charge in [0.05, 0.1) is 6.61 Å². The second-order valence-electron chi connectivity index (χ2n) is 3.47. The highest BCUT2D eigenvalue weighted by Crippen LogP contribution is 2.27. The van der Waals surface area contributed by atoms with Crippen LogP contribution in [0.1, 0.15) is 6.92 Å². The van der Waals surface area contributed by atoms with Crippen molar-refractivity contribution in [1.29, 1.82) is 0 Å². The van der Waals surface area contributed by atoms with Gasteiger partial charge in [0.1, 0.15) is 17.6 Å². The second kappa shape index (κ2) is 5.79. The van der Waals surface area contributed by atoms with Gasteiger partial charge in [0.25, 0.3) is 0 Å². The monoisotopic (exact) mass is 254 g/mol. The van der Waals surface area contributed by atoms with Crippen molar-refractivity contribution in [1.82, 2.24) is 0 Å². The molecule has 1 heterocycles. The number of ether oxygens (including phenoxy) is 3. The zero-order valence-electron chi connectivity index (χ0n) is 9.00.